The van der Waals surface area contributed by atoms with Crippen LogP contribution < -0.4 is 16.1 Å². The van der Waals surface area contributed by atoms with E-state index in [0.717, 1.165) is 0 Å². The first-order valence-corrected chi connectivity index (χ1v) is 9.94. The summed E-state index contributed by atoms with van der Waals surface area (Å²) in [6, 6.07) is 0.366. The van der Waals surface area contributed by atoms with E-state index in [-0.39, 0.29) is 30.5 Å². The Morgan fingerprint density at radius 2 is 2.13 bits per heavy atom. The van der Waals surface area contributed by atoms with Gasteiger partial charge in [0.25, 0.3) is 23.4 Å². The minimum atomic E-state index is -2.40. The molecule has 12 heteroatoms. The molecule has 4 amide bonds. The lowest BCUT2D eigenvalue weighted by atomic mass is 10.0. The lowest BCUT2D eigenvalue weighted by Crippen LogP contribution is -2.57. The second-order valence-corrected chi connectivity index (χ2v) is 7.86. The van der Waals surface area contributed by atoms with Crippen LogP contribution in [0.25, 0.3) is 0 Å². The molecule has 1 aliphatic heterocycles. The van der Waals surface area contributed by atoms with Crippen molar-refractivity contribution in [2.24, 2.45) is 11.8 Å². The summed E-state index contributed by atoms with van der Waals surface area (Å²) in [4.78, 5) is 49.1. The zero-order valence-corrected chi connectivity index (χ0v) is 17.7. The second-order valence-electron chi connectivity index (χ2n) is 7.48. The topological polar surface area (TPSA) is 134 Å². The Morgan fingerprint density at radius 3 is 2.63 bits per heavy atom. The Labute approximate surface area is 177 Å². The van der Waals surface area contributed by atoms with E-state index in [1.807, 2.05) is 13.8 Å². The highest BCUT2D eigenvalue weighted by atomic mass is 35.5. The lowest BCUT2D eigenvalue weighted by molar-refractivity contribution is -0.145. The van der Waals surface area contributed by atoms with Crippen LogP contribution in [0.4, 0.5) is 4.39 Å². The lowest BCUT2D eigenvalue weighted by Gasteiger charge is -2.28. The first-order valence-electron chi connectivity index (χ1n) is 9.50. The Bertz CT molecular complexity index is 800. The third kappa shape index (κ3) is 6.41. The number of alkyl halides is 2. The van der Waals surface area contributed by atoms with Gasteiger partial charge in [0.1, 0.15) is 11.8 Å². The van der Waals surface area contributed by atoms with Crippen molar-refractivity contribution in [3.8, 4) is 0 Å². The van der Waals surface area contributed by atoms with Crippen LogP contribution in [0, 0.1) is 18.8 Å². The van der Waals surface area contributed by atoms with Crippen molar-refractivity contribution in [2.75, 3.05) is 13.1 Å². The van der Waals surface area contributed by atoms with E-state index in [4.69, 9.17) is 16.1 Å². The summed E-state index contributed by atoms with van der Waals surface area (Å²) in [6.07, 6.45) is 0.662. The van der Waals surface area contributed by atoms with E-state index in [0.29, 0.717) is 23.7 Å². The molecule has 10 nitrogen and oxygen atoms in total. The fourth-order valence-corrected chi connectivity index (χ4v) is 3.09. The van der Waals surface area contributed by atoms with Gasteiger partial charge in [-0.25, -0.2) is 9.40 Å². The maximum absolute atomic E-state index is 13.4. The largest absolute Gasteiger partial charge is 0.361 e. The van der Waals surface area contributed by atoms with E-state index in [1.165, 1.54) is 6.07 Å². The molecule has 30 heavy (non-hydrogen) atoms. The molecule has 0 spiro atoms. The number of halogens is 2. The van der Waals surface area contributed by atoms with Gasteiger partial charge in [-0.1, -0.05) is 30.6 Å². The molecule has 3 N–H and O–H groups in total. The number of carbonyl (C=O) groups excluding carboxylic acids is 4. The maximum Gasteiger partial charge on any atom is 0.291 e. The van der Waals surface area contributed by atoms with Crippen molar-refractivity contribution < 1.29 is 28.1 Å². The molecule has 1 saturated heterocycles. The number of aryl methyl sites for hydroxylation is 1. The number of hydrazine groups is 1. The molecule has 2 unspecified atom stereocenters. The highest BCUT2D eigenvalue weighted by Crippen LogP contribution is 2.14. The molecular weight excluding hydrogens is 421 g/mol. The molecule has 0 aliphatic carbocycles. The van der Waals surface area contributed by atoms with Gasteiger partial charge in [-0.2, -0.15) is 0 Å². The standard InChI is InChI=1S/C18H25ClFN5O5/c1-9(2)6-12(22-16(27)13-7-10(3)30-24-13)17(28)23-25(18(29)14(19)20)8-11-4-5-21-15(11)26/h7,9,11-12,14H,4-6,8H2,1-3H3,(H,21,26)(H,22,27)(H,23,28)/t11?,12-,14?/m0/s1. The van der Waals surface area contributed by atoms with E-state index in [1.54, 1.807) is 6.92 Å². The summed E-state index contributed by atoms with van der Waals surface area (Å²) in [7, 11) is 0. The molecule has 2 heterocycles. The minimum Gasteiger partial charge on any atom is -0.361 e. The van der Waals surface area contributed by atoms with E-state index >= 15 is 0 Å². The predicted octanol–water partition coefficient (Wildman–Crippen LogP) is 0.658. The van der Waals surface area contributed by atoms with Crippen molar-refractivity contribution in [2.45, 2.75) is 45.3 Å². The minimum absolute atomic E-state index is 0.00537. The summed E-state index contributed by atoms with van der Waals surface area (Å²) in [5.74, 6) is -3.07. The fourth-order valence-electron chi connectivity index (χ4n) is 2.97. The summed E-state index contributed by atoms with van der Waals surface area (Å²) in [5, 5.41) is 9.43. The summed E-state index contributed by atoms with van der Waals surface area (Å²) < 4.78 is 18.3. The highest BCUT2D eigenvalue weighted by molar-refractivity contribution is 6.29. The number of nitrogens with one attached hydrogen (secondary N) is 3. The summed E-state index contributed by atoms with van der Waals surface area (Å²) in [6.45, 7) is 5.48. The number of hydrogen-bond acceptors (Lipinski definition) is 6. The fraction of sp³-hybridized carbons (Fsp3) is 0.611. The van der Waals surface area contributed by atoms with Crippen molar-refractivity contribution in [3.05, 3.63) is 17.5 Å². The SMILES string of the molecule is Cc1cc(C(=O)N[C@@H](CC(C)C)C(=O)NN(CC2CCNC2=O)C(=O)C(F)Cl)no1. The highest BCUT2D eigenvalue weighted by Gasteiger charge is 2.33. The van der Waals surface area contributed by atoms with E-state index in [2.05, 4.69) is 21.2 Å². The van der Waals surface area contributed by atoms with Crippen LogP contribution in [0.2, 0.25) is 0 Å². The van der Waals surface area contributed by atoms with Gasteiger partial charge >= 0.3 is 0 Å². The van der Waals surface area contributed by atoms with Crippen LogP contribution in [0.5, 0.6) is 0 Å². The molecule has 1 fully saturated rings. The number of carbonyl (C=O) groups is 4. The first-order chi connectivity index (χ1) is 14.1. The van der Waals surface area contributed by atoms with Crippen LogP contribution in [0.3, 0.4) is 0 Å². The molecular formula is C18H25ClFN5O5. The van der Waals surface area contributed by atoms with Crippen LogP contribution in [0.15, 0.2) is 10.6 Å². The normalized spacial score (nSPS) is 17.9. The number of amides is 4. The van der Waals surface area contributed by atoms with Crippen molar-refractivity contribution in [1.82, 2.24) is 26.2 Å². The van der Waals surface area contributed by atoms with Crippen molar-refractivity contribution in [1.29, 1.82) is 0 Å². The molecule has 0 aromatic carbocycles. The molecule has 1 aromatic heterocycles. The molecule has 0 radical (unpaired) electrons. The second kappa shape index (κ2) is 10.4. The van der Waals surface area contributed by atoms with Crippen LogP contribution in [-0.2, 0) is 14.4 Å². The monoisotopic (exact) mass is 445 g/mol. The van der Waals surface area contributed by atoms with Gasteiger partial charge in [-0.05, 0) is 25.7 Å². The molecule has 1 aromatic rings. The van der Waals surface area contributed by atoms with Gasteiger partial charge in [0.05, 0.1) is 12.5 Å². The van der Waals surface area contributed by atoms with Crippen molar-refractivity contribution in [3.63, 3.8) is 0 Å². The van der Waals surface area contributed by atoms with E-state index in [9.17, 15) is 23.6 Å². The Hall–Kier alpha value is -2.69. The average molecular weight is 446 g/mol. The maximum atomic E-state index is 13.4. The predicted molar refractivity (Wildman–Crippen MR) is 104 cm³/mol. The Morgan fingerprint density at radius 1 is 1.43 bits per heavy atom. The van der Waals surface area contributed by atoms with Gasteiger partial charge < -0.3 is 15.2 Å². The number of aromatic nitrogens is 1. The molecule has 0 bridgehead atoms. The third-order valence-corrected chi connectivity index (χ3v) is 4.64. The Kier molecular flexibility index (Phi) is 8.16. The van der Waals surface area contributed by atoms with E-state index < -0.39 is 35.3 Å². The van der Waals surface area contributed by atoms with Crippen LogP contribution in [0.1, 0.15) is 42.9 Å². The molecule has 0 saturated carbocycles. The van der Waals surface area contributed by atoms with Gasteiger partial charge in [0.15, 0.2) is 5.69 Å². The number of nitrogens with zero attached hydrogens (tertiary/aromatic N) is 2. The number of hydrogen-bond donors (Lipinski definition) is 3. The summed E-state index contributed by atoms with van der Waals surface area (Å²) >= 11 is 5.26. The zero-order chi connectivity index (χ0) is 22.4. The Balaban J connectivity index is 2.13. The quantitative estimate of drug-likeness (QED) is 0.397. The molecule has 3 atom stereocenters. The summed E-state index contributed by atoms with van der Waals surface area (Å²) in [5.41, 5.74) is -0.108. The van der Waals surface area contributed by atoms with Crippen LogP contribution >= 0.6 is 11.6 Å². The third-order valence-electron chi connectivity index (χ3n) is 4.45. The first kappa shape index (κ1) is 23.6. The zero-order valence-electron chi connectivity index (χ0n) is 16.9. The van der Waals surface area contributed by atoms with Crippen LogP contribution in [-0.4, -0.2) is 58.6 Å². The molecule has 2 rings (SSSR count). The molecule has 166 valence electrons. The van der Waals surface area contributed by atoms with Crippen molar-refractivity contribution >= 4 is 35.2 Å². The molecule has 1 aliphatic rings. The van der Waals surface area contributed by atoms with Gasteiger partial charge in [0.2, 0.25) is 5.91 Å². The average Bonchev–Trinajstić information content (AvgIpc) is 3.27. The number of rotatable bonds is 8. The van der Waals surface area contributed by atoms with Gasteiger partial charge in [0, 0.05) is 12.6 Å². The van der Waals surface area contributed by atoms with Gasteiger partial charge in [-0.3, -0.25) is 24.6 Å². The smallest absolute Gasteiger partial charge is 0.291 e. The van der Waals surface area contributed by atoms with Gasteiger partial charge in [-0.15, -0.1) is 0 Å².